The predicted molar refractivity (Wildman–Crippen MR) is 121 cm³/mol. The number of rotatable bonds is 9. The van der Waals surface area contributed by atoms with Crippen LogP contribution in [0.1, 0.15) is 38.3 Å². The number of carbonyl (C=O) groups is 2. The van der Waals surface area contributed by atoms with Crippen molar-refractivity contribution in [3.05, 3.63) is 73.8 Å². The van der Waals surface area contributed by atoms with Gasteiger partial charge in [-0.1, -0.05) is 54.4 Å². The van der Waals surface area contributed by atoms with Gasteiger partial charge in [0.05, 0.1) is 21.4 Å². The number of nitro groups is 1. The number of hydrogen-bond donors (Lipinski definition) is 1. The van der Waals surface area contributed by atoms with Gasteiger partial charge in [0.2, 0.25) is 11.8 Å². The van der Waals surface area contributed by atoms with Crippen molar-refractivity contribution in [3.63, 3.8) is 0 Å². The van der Waals surface area contributed by atoms with Gasteiger partial charge in [0, 0.05) is 24.2 Å². The van der Waals surface area contributed by atoms with Gasteiger partial charge in [-0.05, 0) is 38.0 Å². The first kappa shape index (κ1) is 24.6. The van der Waals surface area contributed by atoms with E-state index in [0.717, 1.165) is 0 Å². The van der Waals surface area contributed by atoms with E-state index in [1.54, 1.807) is 36.4 Å². The maximum Gasteiger partial charge on any atom is 0.273 e. The minimum atomic E-state index is -0.743. The molecule has 0 unspecified atom stereocenters. The molecule has 9 heteroatoms. The molecular weight excluding hydrogens is 441 g/mol. The SMILES string of the molecule is CC[C@H](C(=O)NC(C)C)N(Cc1ccc(Cl)c(Cl)c1)C(=O)Cc1ccccc1[N+](=O)[O-]. The fourth-order valence-electron chi connectivity index (χ4n) is 3.24. The first-order chi connectivity index (χ1) is 14.6. The number of halogens is 2. The van der Waals surface area contributed by atoms with E-state index in [0.29, 0.717) is 22.0 Å². The molecule has 166 valence electrons. The van der Waals surface area contributed by atoms with Gasteiger partial charge in [-0.25, -0.2) is 0 Å². The molecule has 7 nitrogen and oxygen atoms in total. The van der Waals surface area contributed by atoms with Gasteiger partial charge < -0.3 is 10.2 Å². The topological polar surface area (TPSA) is 92.6 Å². The summed E-state index contributed by atoms with van der Waals surface area (Å²) >= 11 is 12.1. The average Bonchev–Trinajstić information content (AvgIpc) is 2.70. The van der Waals surface area contributed by atoms with Crippen LogP contribution in [0.4, 0.5) is 5.69 Å². The fraction of sp³-hybridized carbons (Fsp3) is 0.364. The molecule has 1 N–H and O–H groups in total. The molecule has 0 saturated carbocycles. The Balaban J connectivity index is 2.39. The number of nitrogens with one attached hydrogen (secondary N) is 1. The van der Waals surface area contributed by atoms with Crippen molar-refractivity contribution < 1.29 is 14.5 Å². The standard InChI is InChI=1S/C22H25Cl2N3O4/c1-4-19(22(29)25-14(2)3)26(13-15-9-10-17(23)18(24)11-15)21(28)12-16-7-5-6-8-20(16)27(30)31/h5-11,14,19H,4,12-13H2,1-3H3,(H,25,29)/t19-/m1/s1. The van der Waals surface area contributed by atoms with Crippen molar-refractivity contribution in [1.29, 1.82) is 0 Å². The molecule has 0 aliphatic carbocycles. The predicted octanol–water partition coefficient (Wildman–Crippen LogP) is 4.78. The second-order valence-corrected chi connectivity index (χ2v) is 8.23. The van der Waals surface area contributed by atoms with E-state index in [2.05, 4.69) is 5.32 Å². The minimum Gasteiger partial charge on any atom is -0.352 e. The van der Waals surface area contributed by atoms with Crippen LogP contribution in [0, 0.1) is 10.1 Å². The average molecular weight is 466 g/mol. The van der Waals surface area contributed by atoms with Gasteiger partial charge in [0.25, 0.3) is 5.69 Å². The molecular formula is C22H25Cl2N3O4. The zero-order chi connectivity index (χ0) is 23.1. The van der Waals surface area contributed by atoms with E-state index < -0.39 is 16.9 Å². The van der Waals surface area contributed by atoms with E-state index in [1.807, 2.05) is 20.8 Å². The van der Waals surface area contributed by atoms with E-state index in [9.17, 15) is 19.7 Å². The molecule has 31 heavy (non-hydrogen) atoms. The maximum atomic E-state index is 13.3. The van der Waals surface area contributed by atoms with Crippen molar-refractivity contribution in [2.45, 2.75) is 52.2 Å². The fourth-order valence-corrected chi connectivity index (χ4v) is 3.56. The van der Waals surface area contributed by atoms with Crippen molar-refractivity contribution in [3.8, 4) is 0 Å². The van der Waals surface area contributed by atoms with Crippen LogP contribution in [-0.4, -0.2) is 33.7 Å². The van der Waals surface area contributed by atoms with Crippen LogP contribution in [0.3, 0.4) is 0 Å². The Labute approximate surface area is 191 Å². The number of amides is 2. The third kappa shape index (κ3) is 6.67. The van der Waals surface area contributed by atoms with Gasteiger partial charge >= 0.3 is 0 Å². The maximum absolute atomic E-state index is 13.3. The molecule has 2 rings (SSSR count). The van der Waals surface area contributed by atoms with Gasteiger partial charge in [0.15, 0.2) is 0 Å². The summed E-state index contributed by atoms with van der Waals surface area (Å²) in [5.41, 5.74) is 0.849. The zero-order valence-corrected chi connectivity index (χ0v) is 19.1. The first-order valence-corrected chi connectivity index (χ1v) is 10.7. The number of carbonyl (C=O) groups excluding carboxylic acids is 2. The molecule has 0 heterocycles. The third-order valence-electron chi connectivity index (χ3n) is 4.68. The van der Waals surface area contributed by atoms with Gasteiger partial charge in [-0.3, -0.25) is 19.7 Å². The van der Waals surface area contributed by atoms with Gasteiger partial charge in [-0.15, -0.1) is 0 Å². The highest BCUT2D eigenvalue weighted by molar-refractivity contribution is 6.42. The van der Waals surface area contributed by atoms with E-state index in [-0.39, 0.29) is 36.2 Å². The third-order valence-corrected chi connectivity index (χ3v) is 5.42. The molecule has 0 spiro atoms. The van der Waals surface area contributed by atoms with E-state index >= 15 is 0 Å². The Morgan fingerprint density at radius 2 is 1.81 bits per heavy atom. The van der Waals surface area contributed by atoms with Crippen LogP contribution in [0.5, 0.6) is 0 Å². The molecule has 0 bridgehead atoms. The summed E-state index contributed by atoms with van der Waals surface area (Å²) in [6.45, 7) is 5.59. The molecule has 0 aliphatic heterocycles. The monoisotopic (exact) mass is 465 g/mol. The summed E-state index contributed by atoms with van der Waals surface area (Å²) in [7, 11) is 0. The Kier molecular flexibility index (Phi) is 8.83. The summed E-state index contributed by atoms with van der Waals surface area (Å²) in [4.78, 5) is 38.4. The Bertz CT molecular complexity index is 966. The molecule has 2 aromatic rings. The molecule has 2 aromatic carbocycles. The Hall–Kier alpha value is -2.64. The summed E-state index contributed by atoms with van der Waals surface area (Å²) in [6.07, 6.45) is 0.173. The van der Waals surface area contributed by atoms with Crippen LogP contribution in [0.25, 0.3) is 0 Å². The Morgan fingerprint density at radius 3 is 2.39 bits per heavy atom. The van der Waals surface area contributed by atoms with Gasteiger partial charge in [0.1, 0.15) is 6.04 Å². The summed E-state index contributed by atoms with van der Waals surface area (Å²) in [5, 5.41) is 14.9. The number of hydrogen-bond acceptors (Lipinski definition) is 4. The molecule has 0 radical (unpaired) electrons. The van der Waals surface area contributed by atoms with Crippen molar-refractivity contribution >= 4 is 40.7 Å². The van der Waals surface area contributed by atoms with Crippen LogP contribution in [-0.2, 0) is 22.6 Å². The van der Waals surface area contributed by atoms with Gasteiger partial charge in [-0.2, -0.15) is 0 Å². The lowest BCUT2D eigenvalue weighted by molar-refractivity contribution is -0.385. The van der Waals surface area contributed by atoms with Crippen molar-refractivity contribution in [2.75, 3.05) is 0 Å². The number of benzene rings is 2. The molecule has 0 fully saturated rings. The summed E-state index contributed by atoms with van der Waals surface area (Å²) in [6, 6.07) is 10.2. The lowest BCUT2D eigenvalue weighted by atomic mass is 10.1. The largest absolute Gasteiger partial charge is 0.352 e. The van der Waals surface area contributed by atoms with Crippen LogP contribution >= 0.6 is 23.2 Å². The smallest absolute Gasteiger partial charge is 0.273 e. The second-order valence-electron chi connectivity index (χ2n) is 7.42. The number of nitro benzene ring substituents is 1. The minimum absolute atomic E-state index is 0.0984. The number of para-hydroxylation sites is 1. The van der Waals surface area contributed by atoms with Crippen molar-refractivity contribution in [2.24, 2.45) is 0 Å². The zero-order valence-electron chi connectivity index (χ0n) is 17.6. The van der Waals surface area contributed by atoms with Crippen molar-refractivity contribution in [1.82, 2.24) is 10.2 Å². The molecule has 0 saturated heterocycles. The first-order valence-electron chi connectivity index (χ1n) is 9.90. The highest BCUT2D eigenvalue weighted by atomic mass is 35.5. The Morgan fingerprint density at radius 1 is 1.13 bits per heavy atom. The van der Waals surface area contributed by atoms with E-state index in [1.165, 1.54) is 11.0 Å². The highest BCUT2D eigenvalue weighted by Crippen LogP contribution is 2.25. The normalized spacial score (nSPS) is 11.8. The molecule has 1 atom stereocenters. The van der Waals surface area contributed by atoms with Crippen LogP contribution in [0.2, 0.25) is 10.0 Å². The second kappa shape index (κ2) is 11.1. The van der Waals surface area contributed by atoms with Crippen LogP contribution in [0.15, 0.2) is 42.5 Å². The lowest BCUT2D eigenvalue weighted by Crippen LogP contribution is -2.50. The summed E-state index contributed by atoms with van der Waals surface area (Å²) in [5.74, 6) is -0.681. The highest BCUT2D eigenvalue weighted by Gasteiger charge is 2.30. The van der Waals surface area contributed by atoms with E-state index in [4.69, 9.17) is 23.2 Å². The molecule has 0 aliphatic rings. The van der Waals surface area contributed by atoms with Crippen LogP contribution < -0.4 is 5.32 Å². The molecule has 0 aromatic heterocycles. The number of nitrogens with zero attached hydrogens (tertiary/aromatic N) is 2. The lowest BCUT2D eigenvalue weighted by Gasteiger charge is -2.31. The quantitative estimate of drug-likeness (QED) is 0.426. The molecule has 2 amide bonds. The summed E-state index contributed by atoms with van der Waals surface area (Å²) < 4.78 is 0.